The highest BCUT2D eigenvalue weighted by molar-refractivity contribution is 7.89. The first kappa shape index (κ1) is 23.8. The fourth-order valence-corrected chi connectivity index (χ4v) is 4.27. The van der Waals surface area contributed by atoms with Crippen molar-refractivity contribution in [1.82, 2.24) is 14.9 Å². The van der Waals surface area contributed by atoms with Gasteiger partial charge in [0.1, 0.15) is 0 Å². The molecule has 1 amide bonds. The van der Waals surface area contributed by atoms with Crippen molar-refractivity contribution in [3.8, 4) is 0 Å². The van der Waals surface area contributed by atoms with E-state index in [4.69, 9.17) is 4.74 Å². The second kappa shape index (κ2) is 11.0. The van der Waals surface area contributed by atoms with E-state index in [2.05, 4.69) is 10.0 Å². The van der Waals surface area contributed by atoms with E-state index < -0.39 is 10.0 Å². The first-order valence-corrected chi connectivity index (χ1v) is 10.4. The number of carbonyl (C=O) groups excluding carboxylic acids is 1. The molecule has 2 N–H and O–H groups in total. The summed E-state index contributed by atoms with van der Waals surface area (Å²) in [5, 5.41) is 3.17. The molecule has 0 saturated carbocycles. The molecule has 0 spiro atoms. The summed E-state index contributed by atoms with van der Waals surface area (Å²) < 4.78 is 32.2. The Hall–Kier alpha value is -1.19. The summed E-state index contributed by atoms with van der Waals surface area (Å²) in [6.07, 6.45) is 2.06. The number of halogens is 1. The van der Waals surface area contributed by atoms with Gasteiger partial charge in [-0.15, -0.1) is 12.4 Å². The van der Waals surface area contributed by atoms with Crippen LogP contribution in [0.3, 0.4) is 0 Å². The van der Waals surface area contributed by atoms with Crippen LogP contribution in [0.1, 0.15) is 28.8 Å². The van der Waals surface area contributed by atoms with Crippen LogP contribution in [0.15, 0.2) is 23.1 Å². The van der Waals surface area contributed by atoms with E-state index in [-0.39, 0.29) is 36.4 Å². The molecule has 1 heterocycles. The zero-order chi connectivity index (χ0) is 19.2. The van der Waals surface area contributed by atoms with Gasteiger partial charge in [-0.2, -0.15) is 0 Å². The highest BCUT2D eigenvalue weighted by Gasteiger charge is 2.26. The van der Waals surface area contributed by atoms with E-state index in [1.165, 1.54) is 19.2 Å². The molecule has 0 radical (unpaired) electrons. The number of ether oxygens (including phenoxy) is 1. The van der Waals surface area contributed by atoms with Gasteiger partial charge in [-0.3, -0.25) is 4.79 Å². The number of hydrogen-bond acceptors (Lipinski definition) is 5. The Morgan fingerprint density at radius 2 is 2.11 bits per heavy atom. The monoisotopic (exact) mass is 419 g/mol. The summed E-state index contributed by atoms with van der Waals surface area (Å²) in [6, 6.07) is 4.70. The van der Waals surface area contributed by atoms with Crippen LogP contribution in [-0.2, 0) is 14.8 Å². The average Bonchev–Trinajstić information content (AvgIpc) is 2.62. The van der Waals surface area contributed by atoms with Gasteiger partial charge in [0.2, 0.25) is 10.0 Å². The fourth-order valence-electron chi connectivity index (χ4n) is 3.24. The Bertz CT molecular complexity index is 725. The average molecular weight is 420 g/mol. The van der Waals surface area contributed by atoms with Crippen LogP contribution in [-0.4, -0.2) is 66.2 Å². The van der Waals surface area contributed by atoms with E-state index in [0.29, 0.717) is 24.6 Å². The Balaban J connectivity index is 0.00000364. The lowest BCUT2D eigenvalue weighted by atomic mass is 9.97. The van der Waals surface area contributed by atoms with Gasteiger partial charge in [-0.05, 0) is 57.0 Å². The maximum atomic E-state index is 13.0. The van der Waals surface area contributed by atoms with E-state index in [1.54, 1.807) is 6.07 Å². The van der Waals surface area contributed by atoms with Gasteiger partial charge < -0.3 is 15.0 Å². The third-order valence-electron chi connectivity index (χ3n) is 4.65. The second-order valence-corrected chi connectivity index (χ2v) is 8.45. The minimum atomic E-state index is -3.67. The van der Waals surface area contributed by atoms with E-state index in [9.17, 15) is 13.2 Å². The van der Waals surface area contributed by atoms with Crippen LogP contribution in [0.4, 0.5) is 0 Å². The molecule has 1 aliphatic rings. The first-order valence-electron chi connectivity index (χ1n) is 8.92. The fraction of sp³-hybridized carbons (Fsp3) is 0.611. The van der Waals surface area contributed by atoms with Gasteiger partial charge in [0.15, 0.2) is 0 Å². The number of carbonyl (C=O) groups is 1. The van der Waals surface area contributed by atoms with Crippen molar-refractivity contribution >= 4 is 28.3 Å². The van der Waals surface area contributed by atoms with Crippen molar-refractivity contribution in [3.63, 3.8) is 0 Å². The minimum Gasteiger partial charge on any atom is -0.383 e. The molecule has 9 heteroatoms. The molecule has 154 valence electrons. The minimum absolute atomic E-state index is 0. The Labute approximate surface area is 168 Å². The number of sulfonamides is 1. The topological polar surface area (TPSA) is 87.7 Å². The number of nitrogens with zero attached hydrogens (tertiary/aromatic N) is 1. The molecule has 1 fully saturated rings. The van der Waals surface area contributed by atoms with E-state index in [1.807, 2.05) is 18.9 Å². The summed E-state index contributed by atoms with van der Waals surface area (Å²) in [5.74, 6) is 0.331. The molecule has 0 aliphatic carbocycles. The molecule has 2 rings (SSSR count). The molecule has 27 heavy (non-hydrogen) atoms. The normalized spacial score (nSPS) is 17.4. The first-order chi connectivity index (χ1) is 12.4. The Morgan fingerprint density at radius 1 is 1.37 bits per heavy atom. The maximum absolute atomic E-state index is 13.0. The standard InChI is InChI=1S/C18H29N3O4S.ClH/c1-14-6-7-16(26(23,24)20-8-10-25-3)11-17(14)18(22)21-9-4-5-15(13-21)12-19-2;/h6-7,11,15,19-20H,4-5,8-10,12-13H2,1-3H3;1H. The second-order valence-electron chi connectivity index (χ2n) is 6.68. The van der Waals surface area contributed by atoms with Crippen LogP contribution < -0.4 is 10.0 Å². The maximum Gasteiger partial charge on any atom is 0.254 e. The number of benzene rings is 1. The molecule has 0 bridgehead atoms. The summed E-state index contributed by atoms with van der Waals surface area (Å²) in [4.78, 5) is 14.9. The van der Waals surface area contributed by atoms with E-state index in [0.717, 1.165) is 24.9 Å². The number of amides is 1. The summed E-state index contributed by atoms with van der Waals surface area (Å²) in [5.41, 5.74) is 1.23. The van der Waals surface area contributed by atoms with Crippen molar-refractivity contribution in [2.75, 3.05) is 46.9 Å². The SMILES string of the molecule is CNCC1CCCN(C(=O)c2cc(S(=O)(=O)NCCOC)ccc2C)C1.Cl. The predicted octanol–water partition coefficient (Wildman–Crippen LogP) is 1.41. The molecule has 1 aromatic rings. The highest BCUT2D eigenvalue weighted by Crippen LogP contribution is 2.22. The lowest BCUT2D eigenvalue weighted by Gasteiger charge is -2.33. The molecule has 1 aliphatic heterocycles. The largest absolute Gasteiger partial charge is 0.383 e. The summed E-state index contributed by atoms with van der Waals surface area (Å²) in [7, 11) is -0.243. The number of likely N-dealkylation sites (tertiary alicyclic amines) is 1. The molecule has 0 aromatic heterocycles. The van der Waals surface area contributed by atoms with Crippen molar-refractivity contribution in [2.45, 2.75) is 24.7 Å². The van der Waals surface area contributed by atoms with E-state index >= 15 is 0 Å². The third kappa shape index (κ3) is 6.43. The number of aryl methyl sites for hydroxylation is 1. The van der Waals surface area contributed by atoms with Crippen LogP contribution in [0, 0.1) is 12.8 Å². The lowest BCUT2D eigenvalue weighted by molar-refractivity contribution is 0.0673. The van der Waals surface area contributed by atoms with Gasteiger partial charge >= 0.3 is 0 Å². The predicted molar refractivity (Wildman–Crippen MR) is 108 cm³/mol. The van der Waals surface area contributed by atoms with Crippen LogP contribution in [0.25, 0.3) is 0 Å². The van der Waals surface area contributed by atoms with Gasteiger partial charge in [-0.25, -0.2) is 13.1 Å². The molecule has 1 aromatic carbocycles. The molecular formula is C18H30ClN3O4S. The van der Waals surface area contributed by atoms with Gasteiger partial charge in [0, 0.05) is 32.3 Å². The quantitative estimate of drug-likeness (QED) is 0.622. The zero-order valence-corrected chi connectivity index (χ0v) is 17.8. The number of methoxy groups -OCH3 is 1. The van der Waals surface area contributed by atoms with Crippen LogP contribution in [0.2, 0.25) is 0 Å². The highest BCUT2D eigenvalue weighted by atomic mass is 35.5. The van der Waals surface area contributed by atoms with Crippen LogP contribution >= 0.6 is 12.4 Å². The smallest absolute Gasteiger partial charge is 0.254 e. The number of nitrogens with one attached hydrogen (secondary N) is 2. The lowest BCUT2D eigenvalue weighted by Crippen LogP contribution is -2.42. The molecule has 1 atom stereocenters. The summed E-state index contributed by atoms with van der Waals surface area (Å²) >= 11 is 0. The number of hydrogen-bond donors (Lipinski definition) is 2. The molecule has 1 unspecified atom stereocenters. The molecule has 7 nitrogen and oxygen atoms in total. The Morgan fingerprint density at radius 3 is 2.78 bits per heavy atom. The summed E-state index contributed by atoms with van der Waals surface area (Å²) in [6.45, 7) is 4.59. The van der Waals surface area contributed by atoms with Crippen molar-refractivity contribution in [3.05, 3.63) is 29.3 Å². The molecular weight excluding hydrogens is 390 g/mol. The zero-order valence-electron chi connectivity index (χ0n) is 16.2. The Kier molecular flexibility index (Phi) is 9.69. The third-order valence-corrected chi connectivity index (χ3v) is 6.11. The van der Waals surface area contributed by atoms with Crippen molar-refractivity contribution in [2.24, 2.45) is 5.92 Å². The molecule has 1 saturated heterocycles. The van der Waals surface area contributed by atoms with Crippen molar-refractivity contribution < 1.29 is 17.9 Å². The number of rotatable bonds is 8. The van der Waals surface area contributed by atoms with Gasteiger partial charge in [0.05, 0.1) is 11.5 Å². The van der Waals surface area contributed by atoms with Crippen molar-refractivity contribution in [1.29, 1.82) is 0 Å². The van der Waals surface area contributed by atoms with Gasteiger partial charge in [-0.1, -0.05) is 6.07 Å². The van der Waals surface area contributed by atoms with Gasteiger partial charge in [0.25, 0.3) is 5.91 Å². The van der Waals surface area contributed by atoms with Crippen LogP contribution in [0.5, 0.6) is 0 Å². The number of piperidine rings is 1.